The van der Waals surface area contributed by atoms with Crippen LogP contribution in [0.4, 0.5) is 18.9 Å². The molecule has 0 unspecified atom stereocenters. The smallest absolute Gasteiger partial charge is 0.318 e. The number of halogens is 4. The SMILES string of the molecule is O=C(Nc1ccc(Br)cc1)C(F)(F)F. The molecule has 0 spiro atoms. The first-order valence-corrected chi connectivity index (χ1v) is 4.32. The average Bonchev–Trinajstić information content (AvgIpc) is 2.07. The topological polar surface area (TPSA) is 29.1 Å². The van der Waals surface area contributed by atoms with Gasteiger partial charge in [-0.1, -0.05) is 15.9 Å². The summed E-state index contributed by atoms with van der Waals surface area (Å²) in [7, 11) is 0. The van der Waals surface area contributed by atoms with Gasteiger partial charge in [-0.3, -0.25) is 4.79 Å². The molecule has 0 saturated heterocycles. The monoisotopic (exact) mass is 267 g/mol. The zero-order chi connectivity index (χ0) is 10.8. The van der Waals surface area contributed by atoms with Crippen molar-refractivity contribution in [2.24, 2.45) is 0 Å². The molecule has 1 aromatic rings. The molecule has 0 fully saturated rings. The molecule has 1 N–H and O–H groups in total. The molecule has 2 nitrogen and oxygen atoms in total. The van der Waals surface area contributed by atoms with E-state index in [2.05, 4.69) is 15.9 Å². The Labute approximate surface area is 86.2 Å². The van der Waals surface area contributed by atoms with Crippen LogP contribution in [0.25, 0.3) is 0 Å². The van der Waals surface area contributed by atoms with Crippen LogP contribution >= 0.6 is 15.9 Å². The zero-order valence-electron chi connectivity index (χ0n) is 6.73. The second-order valence-corrected chi connectivity index (χ2v) is 3.37. The Morgan fingerprint density at radius 1 is 1.21 bits per heavy atom. The summed E-state index contributed by atoms with van der Waals surface area (Å²) in [5.74, 6) is -1.97. The van der Waals surface area contributed by atoms with Crippen molar-refractivity contribution in [3.8, 4) is 0 Å². The molecular formula is C8H5BrF3NO. The quantitative estimate of drug-likeness (QED) is 0.833. The van der Waals surface area contributed by atoms with E-state index in [1.165, 1.54) is 24.3 Å². The molecule has 0 atom stereocenters. The number of hydrogen-bond acceptors (Lipinski definition) is 1. The summed E-state index contributed by atoms with van der Waals surface area (Å²) in [6.45, 7) is 0. The van der Waals surface area contributed by atoms with Crippen LogP contribution in [0.3, 0.4) is 0 Å². The number of anilines is 1. The second-order valence-electron chi connectivity index (χ2n) is 2.46. The minimum absolute atomic E-state index is 0.107. The maximum absolute atomic E-state index is 11.8. The molecule has 1 amide bonds. The number of alkyl halides is 3. The van der Waals surface area contributed by atoms with Crippen LogP contribution in [0.5, 0.6) is 0 Å². The highest BCUT2D eigenvalue weighted by molar-refractivity contribution is 9.10. The number of nitrogens with one attached hydrogen (secondary N) is 1. The Bertz CT molecular complexity index is 333. The van der Waals surface area contributed by atoms with Gasteiger partial charge in [0, 0.05) is 10.2 Å². The van der Waals surface area contributed by atoms with E-state index in [0.29, 0.717) is 0 Å². The first kappa shape index (κ1) is 11.0. The van der Waals surface area contributed by atoms with E-state index < -0.39 is 12.1 Å². The molecule has 1 rings (SSSR count). The number of rotatable bonds is 1. The van der Waals surface area contributed by atoms with Gasteiger partial charge in [0.15, 0.2) is 0 Å². The van der Waals surface area contributed by atoms with Gasteiger partial charge in [-0.05, 0) is 24.3 Å². The lowest BCUT2D eigenvalue weighted by Gasteiger charge is -2.07. The summed E-state index contributed by atoms with van der Waals surface area (Å²) in [5, 5.41) is 1.72. The lowest BCUT2D eigenvalue weighted by Crippen LogP contribution is -2.29. The van der Waals surface area contributed by atoms with Crippen LogP contribution in [-0.4, -0.2) is 12.1 Å². The highest BCUT2D eigenvalue weighted by atomic mass is 79.9. The Morgan fingerprint density at radius 2 is 1.71 bits per heavy atom. The van der Waals surface area contributed by atoms with Gasteiger partial charge in [-0.25, -0.2) is 0 Å². The van der Waals surface area contributed by atoms with Crippen molar-refractivity contribution in [2.45, 2.75) is 6.18 Å². The van der Waals surface area contributed by atoms with Gasteiger partial charge in [0.1, 0.15) is 0 Å². The number of hydrogen-bond donors (Lipinski definition) is 1. The van der Waals surface area contributed by atoms with E-state index in [-0.39, 0.29) is 5.69 Å². The Balaban J connectivity index is 2.71. The first-order chi connectivity index (χ1) is 6.39. The van der Waals surface area contributed by atoms with E-state index in [9.17, 15) is 18.0 Å². The molecule has 0 aliphatic carbocycles. The summed E-state index contributed by atoms with van der Waals surface area (Å²) in [6.07, 6.45) is -4.85. The maximum atomic E-state index is 11.8. The fourth-order valence-electron chi connectivity index (χ4n) is 0.735. The van der Waals surface area contributed by atoms with Crippen molar-refractivity contribution in [3.63, 3.8) is 0 Å². The van der Waals surface area contributed by atoms with Crippen LogP contribution in [0.2, 0.25) is 0 Å². The van der Waals surface area contributed by atoms with Gasteiger partial charge < -0.3 is 5.32 Å². The largest absolute Gasteiger partial charge is 0.471 e. The maximum Gasteiger partial charge on any atom is 0.471 e. The second kappa shape index (κ2) is 4.00. The van der Waals surface area contributed by atoms with Crippen LogP contribution in [0.1, 0.15) is 0 Å². The molecule has 14 heavy (non-hydrogen) atoms. The van der Waals surface area contributed by atoms with E-state index in [1.54, 1.807) is 5.32 Å². The minimum Gasteiger partial charge on any atom is -0.318 e. The normalized spacial score (nSPS) is 11.1. The van der Waals surface area contributed by atoms with Crippen LogP contribution in [-0.2, 0) is 4.79 Å². The number of carbonyl (C=O) groups excluding carboxylic acids is 1. The lowest BCUT2D eigenvalue weighted by molar-refractivity contribution is -0.167. The Morgan fingerprint density at radius 3 is 2.14 bits per heavy atom. The molecule has 0 aliphatic heterocycles. The van der Waals surface area contributed by atoms with Gasteiger partial charge in [0.05, 0.1) is 0 Å². The average molecular weight is 268 g/mol. The Hall–Kier alpha value is -1.04. The number of benzene rings is 1. The van der Waals surface area contributed by atoms with E-state index in [0.717, 1.165) is 4.47 Å². The molecule has 0 aliphatic rings. The minimum atomic E-state index is -4.85. The van der Waals surface area contributed by atoms with E-state index in [4.69, 9.17) is 0 Å². The molecule has 76 valence electrons. The van der Waals surface area contributed by atoms with Crippen molar-refractivity contribution in [2.75, 3.05) is 5.32 Å². The lowest BCUT2D eigenvalue weighted by atomic mass is 10.3. The van der Waals surface area contributed by atoms with Crippen LogP contribution in [0.15, 0.2) is 28.7 Å². The Kier molecular flexibility index (Phi) is 3.15. The van der Waals surface area contributed by atoms with Gasteiger partial charge in [-0.2, -0.15) is 13.2 Å². The van der Waals surface area contributed by atoms with E-state index >= 15 is 0 Å². The van der Waals surface area contributed by atoms with Crippen molar-refractivity contribution in [3.05, 3.63) is 28.7 Å². The third-order valence-electron chi connectivity index (χ3n) is 1.36. The number of amides is 1. The summed E-state index contributed by atoms with van der Waals surface area (Å²) in [4.78, 5) is 10.5. The summed E-state index contributed by atoms with van der Waals surface area (Å²) < 4.78 is 36.1. The van der Waals surface area contributed by atoms with E-state index in [1.807, 2.05) is 0 Å². The molecule has 6 heteroatoms. The van der Waals surface area contributed by atoms with Crippen molar-refractivity contribution in [1.82, 2.24) is 0 Å². The van der Waals surface area contributed by atoms with Gasteiger partial charge in [0.2, 0.25) is 0 Å². The molecule has 0 radical (unpaired) electrons. The van der Waals surface area contributed by atoms with Crippen LogP contribution < -0.4 is 5.32 Å². The zero-order valence-corrected chi connectivity index (χ0v) is 8.32. The fourth-order valence-corrected chi connectivity index (χ4v) is 1.000. The molecule has 0 bridgehead atoms. The molecule has 0 aromatic heterocycles. The van der Waals surface area contributed by atoms with Gasteiger partial charge in [0.25, 0.3) is 0 Å². The van der Waals surface area contributed by atoms with Gasteiger partial charge >= 0.3 is 12.1 Å². The first-order valence-electron chi connectivity index (χ1n) is 3.53. The molecule has 0 saturated carbocycles. The molecular weight excluding hydrogens is 263 g/mol. The predicted octanol–water partition coefficient (Wildman–Crippen LogP) is 2.95. The molecule has 1 aromatic carbocycles. The third-order valence-corrected chi connectivity index (χ3v) is 1.89. The van der Waals surface area contributed by atoms with Crippen molar-refractivity contribution >= 4 is 27.5 Å². The fraction of sp³-hybridized carbons (Fsp3) is 0.125. The summed E-state index contributed by atoms with van der Waals surface area (Å²) >= 11 is 3.12. The number of carbonyl (C=O) groups is 1. The van der Waals surface area contributed by atoms with Crippen LogP contribution in [0, 0.1) is 0 Å². The molecule has 0 heterocycles. The third kappa shape index (κ3) is 3.02. The summed E-state index contributed by atoms with van der Waals surface area (Å²) in [6, 6.07) is 5.80. The highest BCUT2D eigenvalue weighted by Crippen LogP contribution is 2.19. The highest BCUT2D eigenvalue weighted by Gasteiger charge is 2.38. The van der Waals surface area contributed by atoms with Gasteiger partial charge in [-0.15, -0.1) is 0 Å². The standard InChI is InChI=1S/C8H5BrF3NO/c9-5-1-3-6(4-2-5)13-7(14)8(10,11)12/h1-4H,(H,13,14). The predicted molar refractivity (Wildman–Crippen MR) is 48.8 cm³/mol. The van der Waals surface area contributed by atoms with Crippen molar-refractivity contribution in [1.29, 1.82) is 0 Å². The summed E-state index contributed by atoms with van der Waals surface area (Å²) in [5.41, 5.74) is 0.107. The van der Waals surface area contributed by atoms with Crippen molar-refractivity contribution < 1.29 is 18.0 Å².